The first-order valence-electron chi connectivity index (χ1n) is 17.0. The highest BCUT2D eigenvalue weighted by atomic mass is 35.5. The molecule has 10 heteroatoms. The third-order valence-electron chi connectivity index (χ3n) is 8.45. The average molecular weight is 735 g/mol. The first kappa shape index (κ1) is 36.2. The Balaban J connectivity index is 1.25. The van der Waals surface area contributed by atoms with Crippen LogP contribution in [0.2, 0.25) is 10.0 Å². The van der Waals surface area contributed by atoms with Crippen molar-refractivity contribution in [2.45, 2.75) is 45.4 Å². The number of carbonyl (C=O) groups is 2. The van der Waals surface area contributed by atoms with Gasteiger partial charge in [-0.3, -0.25) is 4.79 Å². The number of ether oxygens (including phenoxy) is 2. The second-order valence-electron chi connectivity index (χ2n) is 12.3. The highest BCUT2D eigenvalue weighted by Gasteiger charge is 2.24. The summed E-state index contributed by atoms with van der Waals surface area (Å²) in [6.45, 7) is 3.13. The molecule has 1 atom stereocenters. The Morgan fingerprint density at radius 2 is 1.46 bits per heavy atom. The van der Waals surface area contributed by atoms with Gasteiger partial charge in [0.15, 0.2) is 0 Å². The SMILES string of the molecule is CCCCn1cc(-c2ccc(Cl)cc2Cl)nc1[C@H](Cc1ccc(OCc2ccc(C(=O)O)cc2)cc1)NC(=O)c1ccc(Oc2ccccc2)cc1. The summed E-state index contributed by atoms with van der Waals surface area (Å²) in [6, 6.07) is 35.6. The fraction of sp³-hybridized carbons (Fsp3) is 0.167. The van der Waals surface area contributed by atoms with Crippen molar-refractivity contribution in [3.8, 4) is 28.5 Å². The first-order valence-corrected chi connectivity index (χ1v) is 17.7. The smallest absolute Gasteiger partial charge is 0.335 e. The fourth-order valence-corrected chi connectivity index (χ4v) is 6.16. The maximum atomic E-state index is 13.8. The van der Waals surface area contributed by atoms with Gasteiger partial charge in [0, 0.05) is 28.9 Å². The van der Waals surface area contributed by atoms with E-state index in [2.05, 4.69) is 16.8 Å². The zero-order chi connectivity index (χ0) is 36.5. The summed E-state index contributed by atoms with van der Waals surface area (Å²) in [7, 11) is 0. The van der Waals surface area contributed by atoms with Crippen molar-refractivity contribution in [1.82, 2.24) is 14.9 Å². The molecule has 0 aliphatic carbocycles. The summed E-state index contributed by atoms with van der Waals surface area (Å²) in [6.07, 6.45) is 4.34. The molecule has 0 aliphatic rings. The number of para-hydroxylation sites is 1. The van der Waals surface area contributed by atoms with Crippen molar-refractivity contribution in [1.29, 1.82) is 0 Å². The number of benzene rings is 5. The van der Waals surface area contributed by atoms with Gasteiger partial charge in [0.05, 0.1) is 22.3 Å². The van der Waals surface area contributed by atoms with Crippen molar-refractivity contribution < 1.29 is 24.2 Å². The van der Waals surface area contributed by atoms with Crippen LogP contribution in [0.1, 0.15) is 63.5 Å². The van der Waals surface area contributed by atoms with Crippen molar-refractivity contribution in [2.75, 3.05) is 0 Å². The maximum Gasteiger partial charge on any atom is 0.335 e. The predicted molar refractivity (Wildman–Crippen MR) is 204 cm³/mol. The average Bonchev–Trinajstić information content (AvgIpc) is 3.58. The lowest BCUT2D eigenvalue weighted by Gasteiger charge is -2.20. The topological polar surface area (TPSA) is 103 Å². The summed E-state index contributed by atoms with van der Waals surface area (Å²) in [5.74, 6) is 1.48. The van der Waals surface area contributed by atoms with Crippen LogP contribution in [-0.2, 0) is 19.6 Å². The molecule has 52 heavy (non-hydrogen) atoms. The summed E-state index contributed by atoms with van der Waals surface area (Å²) in [5, 5.41) is 13.4. The maximum absolute atomic E-state index is 13.8. The number of aromatic nitrogens is 2. The molecule has 2 N–H and O–H groups in total. The van der Waals surface area contributed by atoms with Gasteiger partial charge in [-0.25, -0.2) is 9.78 Å². The van der Waals surface area contributed by atoms with Crippen molar-refractivity contribution in [3.63, 3.8) is 0 Å². The molecule has 264 valence electrons. The number of aryl methyl sites for hydroxylation is 1. The van der Waals surface area contributed by atoms with Crippen LogP contribution in [0.15, 0.2) is 128 Å². The number of hydrogen-bond acceptors (Lipinski definition) is 5. The molecule has 1 aromatic heterocycles. The minimum Gasteiger partial charge on any atom is -0.489 e. The standard InChI is InChI=1S/C42H37Cl2N3O5/c1-2-3-23-47-26-39(36-22-17-32(43)25-37(36)44)45-40(47)38(46-41(48)30-15-20-35(21-16-30)52-34-7-5-4-6-8-34)24-28-11-18-33(19-12-28)51-27-29-9-13-31(14-10-29)42(49)50/h4-22,25-26,38H,2-3,23-24,27H2,1H3,(H,46,48)(H,49,50)/t38-/m0/s1. The van der Waals surface area contributed by atoms with Crippen molar-refractivity contribution in [3.05, 3.63) is 166 Å². The Morgan fingerprint density at radius 1 is 0.808 bits per heavy atom. The molecule has 6 rings (SSSR count). The number of amides is 1. The van der Waals surface area contributed by atoms with E-state index in [4.69, 9.17) is 42.8 Å². The van der Waals surface area contributed by atoms with Gasteiger partial charge in [0.1, 0.15) is 29.7 Å². The minimum atomic E-state index is -0.971. The number of hydrogen-bond donors (Lipinski definition) is 2. The van der Waals surface area contributed by atoms with Crippen LogP contribution in [0.5, 0.6) is 17.2 Å². The van der Waals surface area contributed by atoms with Gasteiger partial charge >= 0.3 is 5.97 Å². The van der Waals surface area contributed by atoms with E-state index in [1.807, 2.05) is 66.9 Å². The Morgan fingerprint density at radius 3 is 2.13 bits per heavy atom. The molecule has 0 radical (unpaired) electrons. The van der Waals surface area contributed by atoms with Crippen LogP contribution >= 0.6 is 23.2 Å². The number of aromatic carboxylic acids is 1. The molecule has 8 nitrogen and oxygen atoms in total. The molecule has 0 saturated carbocycles. The lowest BCUT2D eigenvalue weighted by atomic mass is 10.0. The Bertz CT molecular complexity index is 2120. The largest absolute Gasteiger partial charge is 0.489 e. The number of imidazole rings is 1. The van der Waals surface area contributed by atoms with Gasteiger partial charge < -0.3 is 24.5 Å². The number of nitrogens with zero attached hydrogens (tertiary/aromatic N) is 2. The Labute approximate surface area is 312 Å². The highest BCUT2D eigenvalue weighted by molar-refractivity contribution is 6.36. The van der Waals surface area contributed by atoms with Gasteiger partial charge in [0.25, 0.3) is 5.91 Å². The van der Waals surface area contributed by atoms with Crippen LogP contribution in [0.3, 0.4) is 0 Å². The van der Waals surface area contributed by atoms with Gasteiger partial charge in [-0.05, 0) is 103 Å². The van der Waals surface area contributed by atoms with Crippen LogP contribution in [-0.4, -0.2) is 26.5 Å². The molecule has 0 unspecified atom stereocenters. The second kappa shape index (κ2) is 17.1. The normalized spacial score (nSPS) is 11.5. The predicted octanol–water partition coefficient (Wildman–Crippen LogP) is 10.4. The molecular weight excluding hydrogens is 697 g/mol. The van der Waals surface area contributed by atoms with Crippen molar-refractivity contribution >= 4 is 35.1 Å². The quantitative estimate of drug-likeness (QED) is 0.109. The van der Waals surface area contributed by atoms with E-state index in [0.717, 1.165) is 29.5 Å². The number of halogens is 2. The van der Waals surface area contributed by atoms with Crippen LogP contribution < -0.4 is 14.8 Å². The lowest BCUT2D eigenvalue weighted by molar-refractivity contribution is 0.0696. The third kappa shape index (κ3) is 9.40. The van der Waals surface area contributed by atoms with E-state index >= 15 is 0 Å². The number of unbranched alkanes of at least 4 members (excludes halogenated alkanes) is 1. The van der Waals surface area contributed by atoms with Crippen LogP contribution in [0.4, 0.5) is 0 Å². The van der Waals surface area contributed by atoms with Gasteiger partial charge in [-0.1, -0.05) is 79.0 Å². The van der Waals surface area contributed by atoms with Crippen molar-refractivity contribution in [2.24, 2.45) is 0 Å². The minimum absolute atomic E-state index is 0.225. The van der Waals surface area contributed by atoms with Gasteiger partial charge in [0.2, 0.25) is 0 Å². The summed E-state index contributed by atoms with van der Waals surface area (Å²) in [5.41, 5.74) is 3.97. The lowest BCUT2D eigenvalue weighted by Crippen LogP contribution is -2.32. The third-order valence-corrected chi connectivity index (χ3v) is 9.00. The molecule has 5 aromatic carbocycles. The van der Waals surface area contributed by atoms with Gasteiger partial charge in [-0.2, -0.15) is 0 Å². The van der Waals surface area contributed by atoms with E-state index in [0.29, 0.717) is 57.3 Å². The van der Waals surface area contributed by atoms with Crippen LogP contribution in [0, 0.1) is 0 Å². The molecule has 0 saturated heterocycles. The zero-order valence-corrected chi connectivity index (χ0v) is 30.0. The zero-order valence-electron chi connectivity index (χ0n) is 28.5. The monoisotopic (exact) mass is 733 g/mol. The summed E-state index contributed by atoms with van der Waals surface area (Å²) in [4.78, 5) is 30.1. The first-order chi connectivity index (χ1) is 25.2. The number of carboxylic acid groups (broad SMARTS) is 1. The molecule has 0 spiro atoms. The number of rotatable bonds is 15. The number of carbonyl (C=O) groups excluding carboxylic acids is 1. The number of carboxylic acids is 1. The molecule has 1 heterocycles. The molecule has 0 bridgehead atoms. The molecule has 6 aromatic rings. The Hall–Kier alpha value is -5.57. The summed E-state index contributed by atoms with van der Waals surface area (Å²) >= 11 is 12.8. The molecule has 1 amide bonds. The van der Waals surface area contributed by atoms with Gasteiger partial charge in [-0.15, -0.1) is 0 Å². The van der Waals surface area contributed by atoms with E-state index in [1.54, 1.807) is 60.7 Å². The molecule has 0 aliphatic heterocycles. The summed E-state index contributed by atoms with van der Waals surface area (Å²) < 4.78 is 14.0. The molecule has 0 fully saturated rings. The fourth-order valence-electron chi connectivity index (χ4n) is 5.66. The molecular formula is C42H37Cl2N3O5. The van der Waals surface area contributed by atoms with E-state index in [1.165, 1.54) is 0 Å². The highest BCUT2D eigenvalue weighted by Crippen LogP contribution is 2.32. The number of nitrogens with one attached hydrogen (secondary N) is 1. The van der Waals surface area contributed by atoms with Crippen LogP contribution in [0.25, 0.3) is 11.3 Å². The van der Waals surface area contributed by atoms with E-state index in [9.17, 15) is 9.59 Å². The van der Waals surface area contributed by atoms with E-state index < -0.39 is 12.0 Å². The van der Waals surface area contributed by atoms with E-state index in [-0.39, 0.29) is 18.1 Å². The Kier molecular flexibility index (Phi) is 11.9. The second-order valence-corrected chi connectivity index (χ2v) is 13.1.